The molecule has 2 aromatic rings. The van der Waals surface area contributed by atoms with E-state index in [1.54, 1.807) is 7.11 Å². The van der Waals surface area contributed by atoms with Crippen LogP contribution in [0.15, 0.2) is 48.5 Å². The average molecular weight is 375 g/mol. The number of rotatable bonds is 4. The molecule has 0 bridgehead atoms. The van der Waals surface area contributed by atoms with Gasteiger partial charge in [-0.2, -0.15) is 0 Å². The third-order valence-electron chi connectivity index (χ3n) is 4.91. The zero-order valence-electron chi connectivity index (χ0n) is 15.2. The van der Waals surface area contributed by atoms with Gasteiger partial charge in [-0.05, 0) is 48.2 Å². The second kappa shape index (κ2) is 9.48. The van der Waals surface area contributed by atoms with Gasteiger partial charge in [0.25, 0.3) is 0 Å². The average Bonchev–Trinajstić information content (AvgIpc) is 2.90. The van der Waals surface area contributed by atoms with Crippen molar-refractivity contribution >= 4 is 24.0 Å². The Kier molecular flexibility index (Phi) is 7.34. The number of carbonyl (C=O) groups excluding carboxylic acids is 1. The second-order valence-corrected chi connectivity index (χ2v) is 6.64. The van der Waals surface area contributed by atoms with Crippen molar-refractivity contribution in [2.75, 3.05) is 19.4 Å². The smallest absolute Gasteiger partial charge is 0.227 e. The molecule has 0 saturated carbocycles. The maximum absolute atomic E-state index is 13.0. The molecule has 140 valence electrons. The van der Waals surface area contributed by atoms with Crippen LogP contribution in [0.4, 0.5) is 5.69 Å². The summed E-state index contributed by atoms with van der Waals surface area (Å²) in [5, 5.41) is 0. The lowest BCUT2D eigenvalue weighted by molar-refractivity contribution is -0.132. The van der Waals surface area contributed by atoms with Crippen LogP contribution in [0.5, 0.6) is 5.75 Å². The Bertz CT molecular complexity index is 701. The summed E-state index contributed by atoms with van der Waals surface area (Å²) in [5.74, 6) is 1.03. The number of benzene rings is 2. The first-order chi connectivity index (χ1) is 12.2. The van der Waals surface area contributed by atoms with Crippen LogP contribution in [0.25, 0.3) is 0 Å². The molecular weight excluding hydrogens is 348 g/mol. The summed E-state index contributed by atoms with van der Waals surface area (Å²) < 4.78 is 5.25. The van der Waals surface area contributed by atoms with Crippen molar-refractivity contribution in [2.45, 2.75) is 38.1 Å². The van der Waals surface area contributed by atoms with Crippen LogP contribution in [-0.4, -0.2) is 24.5 Å². The summed E-state index contributed by atoms with van der Waals surface area (Å²) in [7, 11) is 1.67. The minimum atomic E-state index is 0. The monoisotopic (exact) mass is 374 g/mol. The van der Waals surface area contributed by atoms with Crippen molar-refractivity contribution < 1.29 is 9.53 Å². The minimum Gasteiger partial charge on any atom is -0.497 e. The number of methoxy groups -OCH3 is 1. The lowest BCUT2D eigenvalue weighted by Crippen LogP contribution is -2.35. The van der Waals surface area contributed by atoms with E-state index < -0.39 is 0 Å². The molecule has 1 atom stereocenters. The number of halogens is 1. The second-order valence-electron chi connectivity index (χ2n) is 6.64. The Morgan fingerprint density at radius 2 is 1.77 bits per heavy atom. The van der Waals surface area contributed by atoms with Gasteiger partial charge in [0.2, 0.25) is 5.91 Å². The molecule has 0 aromatic heterocycles. The number of nitrogens with zero attached hydrogens (tertiary/aromatic N) is 1. The fourth-order valence-corrected chi connectivity index (χ4v) is 3.49. The molecule has 26 heavy (non-hydrogen) atoms. The van der Waals surface area contributed by atoms with Crippen LogP contribution in [0.2, 0.25) is 0 Å². The summed E-state index contributed by atoms with van der Waals surface area (Å²) in [6, 6.07) is 15.8. The summed E-state index contributed by atoms with van der Waals surface area (Å²) in [6.45, 7) is 0.824. The minimum absolute atomic E-state index is 0. The zero-order valence-corrected chi connectivity index (χ0v) is 16.0. The van der Waals surface area contributed by atoms with Crippen LogP contribution in [-0.2, 0) is 11.2 Å². The van der Waals surface area contributed by atoms with Crippen LogP contribution in [0.1, 0.15) is 42.9 Å². The molecule has 3 rings (SSSR count). The third-order valence-corrected chi connectivity index (χ3v) is 4.91. The van der Waals surface area contributed by atoms with Crippen LogP contribution in [0, 0.1) is 0 Å². The number of anilines is 1. The number of amides is 1. The Morgan fingerprint density at radius 1 is 1.08 bits per heavy atom. The molecule has 1 fully saturated rings. The standard InChI is InChI=1S/C21H26N2O2.ClH/c1-25-19-12-8-17(9-13-19)20-5-3-2-4-14-23(20)21(24)15-16-6-10-18(22)11-7-16;/h6-13,20H,2-5,14-15,22H2,1H3;1H. The summed E-state index contributed by atoms with van der Waals surface area (Å²) in [5.41, 5.74) is 8.66. The summed E-state index contributed by atoms with van der Waals surface area (Å²) in [4.78, 5) is 15.0. The number of carbonyl (C=O) groups is 1. The van der Waals surface area contributed by atoms with Gasteiger partial charge >= 0.3 is 0 Å². The van der Waals surface area contributed by atoms with E-state index in [2.05, 4.69) is 17.0 Å². The third kappa shape index (κ3) is 4.92. The van der Waals surface area contributed by atoms with E-state index >= 15 is 0 Å². The van der Waals surface area contributed by atoms with Crippen LogP contribution in [0.3, 0.4) is 0 Å². The molecule has 1 amide bonds. The van der Waals surface area contributed by atoms with E-state index in [0.717, 1.165) is 42.8 Å². The first kappa shape index (κ1) is 20.1. The summed E-state index contributed by atoms with van der Waals surface area (Å²) in [6.07, 6.45) is 4.84. The van der Waals surface area contributed by atoms with Gasteiger partial charge in [-0.3, -0.25) is 4.79 Å². The number of nitrogen functional groups attached to an aromatic ring is 1. The van der Waals surface area contributed by atoms with Crippen molar-refractivity contribution in [3.8, 4) is 5.75 Å². The van der Waals surface area contributed by atoms with Gasteiger partial charge in [0.15, 0.2) is 0 Å². The number of hydrogen-bond acceptors (Lipinski definition) is 3. The Balaban J connectivity index is 0.00000243. The molecule has 4 nitrogen and oxygen atoms in total. The highest BCUT2D eigenvalue weighted by atomic mass is 35.5. The normalized spacial score (nSPS) is 17.1. The SMILES string of the molecule is COc1ccc(C2CCCCCN2C(=O)Cc2ccc(N)cc2)cc1.Cl. The molecule has 2 aromatic carbocycles. The van der Waals surface area contributed by atoms with E-state index in [9.17, 15) is 4.79 Å². The van der Waals surface area contributed by atoms with Gasteiger partial charge in [0.05, 0.1) is 19.6 Å². The quantitative estimate of drug-likeness (QED) is 0.807. The highest BCUT2D eigenvalue weighted by molar-refractivity contribution is 5.85. The molecule has 5 heteroatoms. The topological polar surface area (TPSA) is 55.6 Å². The van der Waals surface area contributed by atoms with E-state index in [-0.39, 0.29) is 24.4 Å². The highest BCUT2D eigenvalue weighted by Gasteiger charge is 2.26. The molecule has 0 aliphatic carbocycles. The highest BCUT2D eigenvalue weighted by Crippen LogP contribution is 2.31. The summed E-state index contributed by atoms with van der Waals surface area (Å²) >= 11 is 0. The van der Waals surface area contributed by atoms with Crippen LogP contribution < -0.4 is 10.5 Å². The first-order valence-corrected chi connectivity index (χ1v) is 8.95. The number of ether oxygens (including phenoxy) is 1. The Morgan fingerprint density at radius 3 is 2.42 bits per heavy atom. The molecule has 2 N–H and O–H groups in total. The van der Waals surface area contributed by atoms with Crippen LogP contribution >= 0.6 is 12.4 Å². The molecular formula is C21H27ClN2O2. The van der Waals surface area contributed by atoms with Crippen molar-refractivity contribution in [3.63, 3.8) is 0 Å². The lowest BCUT2D eigenvalue weighted by atomic mass is 10.00. The predicted octanol–water partition coefficient (Wildman–Crippen LogP) is 4.39. The number of hydrogen-bond donors (Lipinski definition) is 1. The largest absolute Gasteiger partial charge is 0.497 e. The van der Waals surface area contributed by atoms with Crippen molar-refractivity contribution in [2.24, 2.45) is 0 Å². The zero-order chi connectivity index (χ0) is 17.6. The van der Waals surface area contributed by atoms with Gasteiger partial charge in [0.1, 0.15) is 5.75 Å². The fourth-order valence-electron chi connectivity index (χ4n) is 3.49. The number of likely N-dealkylation sites (tertiary alicyclic amines) is 1. The maximum atomic E-state index is 13.0. The van der Waals surface area contributed by atoms with E-state index in [1.165, 1.54) is 12.0 Å². The molecule has 0 spiro atoms. The van der Waals surface area contributed by atoms with Gasteiger partial charge in [-0.15, -0.1) is 12.4 Å². The fraction of sp³-hybridized carbons (Fsp3) is 0.381. The van der Waals surface area contributed by atoms with Crippen molar-refractivity contribution in [3.05, 3.63) is 59.7 Å². The lowest BCUT2D eigenvalue weighted by Gasteiger charge is -2.31. The van der Waals surface area contributed by atoms with E-state index in [0.29, 0.717) is 6.42 Å². The van der Waals surface area contributed by atoms with Gasteiger partial charge in [-0.1, -0.05) is 37.1 Å². The molecule has 1 heterocycles. The Labute approximate surface area is 161 Å². The van der Waals surface area contributed by atoms with Gasteiger partial charge in [0, 0.05) is 12.2 Å². The van der Waals surface area contributed by atoms with E-state index in [4.69, 9.17) is 10.5 Å². The van der Waals surface area contributed by atoms with Crippen molar-refractivity contribution in [1.29, 1.82) is 0 Å². The van der Waals surface area contributed by atoms with Gasteiger partial charge < -0.3 is 15.4 Å². The molecule has 1 saturated heterocycles. The van der Waals surface area contributed by atoms with Crippen molar-refractivity contribution in [1.82, 2.24) is 4.90 Å². The first-order valence-electron chi connectivity index (χ1n) is 8.95. The Hall–Kier alpha value is -2.20. The van der Waals surface area contributed by atoms with Gasteiger partial charge in [-0.25, -0.2) is 0 Å². The maximum Gasteiger partial charge on any atom is 0.227 e. The predicted molar refractivity (Wildman–Crippen MR) is 108 cm³/mol. The molecule has 0 radical (unpaired) electrons. The molecule has 1 aliphatic rings. The molecule has 1 aliphatic heterocycles. The number of nitrogens with two attached hydrogens (primary N) is 1. The van der Waals surface area contributed by atoms with E-state index in [1.807, 2.05) is 36.4 Å². The molecule has 1 unspecified atom stereocenters.